The average molecular weight is 271 g/mol. The molecule has 0 atom stereocenters. The largest absolute Gasteiger partial charge is 0.465 e. The third-order valence-corrected chi connectivity index (χ3v) is 4.25. The molecule has 1 aromatic rings. The topological polar surface area (TPSA) is 72.9 Å². The summed E-state index contributed by atoms with van der Waals surface area (Å²) in [4.78, 5) is 16.3. The Bertz CT molecular complexity index is 531. The van der Waals surface area contributed by atoms with Crippen LogP contribution in [0.2, 0.25) is 0 Å². The van der Waals surface area contributed by atoms with Crippen molar-refractivity contribution in [1.82, 2.24) is 4.47 Å². The summed E-state index contributed by atoms with van der Waals surface area (Å²) in [6.45, 7) is 0.751. The Balaban J connectivity index is 2.26. The van der Waals surface area contributed by atoms with Gasteiger partial charge in [-0.2, -0.15) is 0 Å². The molecule has 1 heterocycles. The molecule has 7 heteroatoms. The molecule has 0 N–H and O–H groups in total. The summed E-state index contributed by atoms with van der Waals surface area (Å²) in [5.41, 5.74) is 0.304. The normalized spacial score (nSPS) is 16.7. The first-order chi connectivity index (χ1) is 8.55. The highest BCUT2D eigenvalue weighted by Gasteiger charge is 2.28. The molecule has 1 aromatic carbocycles. The quantitative estimate of drug-likeness (QED) is 0.760. The van der Waals surface area contributed by atoms with Gasteiger partial charge in [-0.3, -0.25) is 4.84 Å². The van der Waals surface area contributed by atoms with Gasteiger partial charge in [0.25, 0.3) is 10.0 Å². The third-order valence-electron chi connectivity index (χ3n) is 2.56. The highest BCUT2D eigenvalue weighted by Crippen LogP contribution is 2.20. The fourth-order valence-corrected chi connectivity index (χ4v) is 2.91. The summed E-state index contributed by atoms with van der Waals surface area (Å²) in [5.74, 6) is -0.503. The molecule has 0 amide bonds. The van der Waals surface area contributed by atoms with Gasteiger partial charge in [0, 0.05) is 6.54 Å². The van der Waals surface area contributed by atoms with Gasteiger partial charge >= 0.3 is 5.97 Å². The second-order valence-electron chi connectivity index (χ2n) is 3.73. The standard InChI is InChI=1S/C11H13NO5S/c1-16-11(13)9-3-5-10(6-4-9)18(14,15)12-7-2-8-17-12/h3-6H,2,7-8H2,1H3. The molecule has 2 rings (SSSR count). The molecule has 0 unspecified atom stereocenters. The fourth-order valence-electron chi connectivity index (χ4n) is 1.61. The number of hydrogen-bond acceptors (Lipinski definition) is 5. The van der Waals surface area contributed by atoms with Crippen molar-refractivity contribution >= 4 is 16.0 Å². The first-order valence-electron chi connectivity index (χ1n) is 5.40. The predicted octanol–water partition coefficient (Wildman–Crippen LogP) is 0.799. The maximum Gasteiger partial charge on any atom is 0.337 e. The van der Waals surface area contributed by atoms with Crippen molar-refractivity contribution in [1.29, 1.82) is 0 Å². The minimum absolute atomic E-state index is 0.0945. The van der Waals surface area contributed by atoms with Crippen LogP contribution in [-0.2, 0) is 19.6 Å². The van der Waals surface area contributed by atoms with Crippen LogP contribution in [0.1, 0.15) is 16.8 Å². The van der Waals surface area contributed by atoms with Crippen molar-refractivity contribution in [3.8, 4) is 0 Å². The maximum absolute atomic E-state index is 12.1. The number of carbonyl (C=O) groups is 1. The lowest BCUT2D eigenvalue weighted by molar-refractivity contribution is -0.0284. The van der Waals surface area contributed by atoms with Gasteiger partial charge in [-0.25, -0.2) is 13.2 Å². The SMILES string of the molecule is COC(=O)c1ccc(S(=O)(=O)N2CCCO2)cc1. The van der Waals surface area contributed by atoms with Crippen LogP contribution >= 0.6 is 0 Å². The number of benzene rings is 1. The van der Waals surface area contributed by atoms with E-state index in [4.69, 9.17) is 4.84 Å². The van der Waals surface area contributed by atoms with Crippen LogP contribution < -0.4 is 0 Å². The van der Waals surface area contributed by atoms with Crippen LogP contribution in [0.25, 0.3) is 0 Å². The zero-order chi connectivity index (χ0) is 13.2. The highest BCUT2D eigenvalue weighted by atomic mass is 32.2. The number of carbonyl (C=O) groups excluding carboxylic acids is 1. The van der Waals surface area contributed by atoms with Crippen LogP contribution in [0.5, 0.6) is 0 Å². The number of methoxy groups -OCH3 is 1. The lowest BCUT2D eigenvalue weighted by Crippen LogP contribution is -2.26. The van der Waals surface area contributed by atoms with Gasteiger partial charge < -0.3 is 4.74 Å². The summed E-state index contributed by atoms with van der Waals surface area (Å²) in [5, 5.41) is 0. The van der Waals surface area contributed by atoms with Crippen LogP contribution in [-0.4, -0.2) is 39.1 Å². The van der Waals surface area contributed by atoms with E-state index in [0.717, 1.165) is 4.47 Å². The second-order valence-corrected chi connectivity index (χ2v) is 5.56. The Morgan fingerprint density at radius 3 is 2.50 bits per heavy atom. The molecule has 0 radical (unpaired) electrons. The smallest absolute Gasteiger partial charge is 0.337 e. The minimum Gasteiger partial charge on any atom is -0.465 e. The van der Waals surface area contributed by atoms with E-state index in [0.29, 0.717) is 25.1 Å². The van der Waals surface area contributed by atoms with E-state index < -0.39 is 16.0 Å². The maximum atomic E-state index is 12.1. The van der Waals surface area contributed by atoms with Crippen LogP contribution in [0, 0.1) is 0 Å². The van der Waals surface area contributed by atoms with E-state index in [1.165, 1.54) is 31.4 Å². The van der Waals surface area contributed by atoms with E-state index >= 15 is 0 Å². The summed E-state index contributed by atoms with van der Waals surface area (Å²) < 4.78 is 29.7. The summed E-state index contributed by atoms with van der Waals surface area (Å²) in [6.07, 6.45) is 0.680. The fraction of sp³-hybridized carbons (Fsp3) is 0.364. The highest BCUT2D eigenvalue weighted by molar-refractivity contribution is 7.89. The number of sulfonamides is 1. The summed E-state index contributed by atoms with van der Waals surface area (Å²) >= 11 is 0. The van der Waals surface area contributed by atoms with Gasteiger partial charge in [0.1, 0.15) is 0 Å². The zero-order valence-electron chi connectivity index (χ0n) is 9.83. The van der Waals surface area contributed by atoms with E-state index in [2.05, 4.69) is 4.74 Å². The van der Waals surface area contributed by atoms with E-state index in [9.17, 15) is 13.2 Å². The lowest BCUT2D eigenvalue weighted by atomic mass is 10.2. The molecule has 0 aromatic heterocycles. The Morgan fingerprint density at radius 1 is 1.33 bits per heavy atom. The molecule has 6 nitrogen and oxygen atoms in total. The molecule has 0 aliphatic carbocycles. The molecule has 1 aliphatic rings. The molecule has 0 bridgehead atoms. The Hall–Kier alpha value is -1.44. The zero-order valence-corrected chi connectivity index (χ0v) is 10.6. The first kappa shape index (κ1) is 13.0. The van der Waals surface area contributed by atoms with Crippen molar-refractivity contribution in [2.45, 2.75) is 11.3 Å². The number of rotatable bonds is 3. The van der Waals surface area contributed by atoms with Gasteiger partial charge in [0.15, 0.2) is 0 Å². The average Bonchev–Trinajstić information content (AvgIpc) is 2.92. The molecule has 1 fully saturated rings. The first-order valence-corrected chi connectivity index (χ1v) is 6.84. The molecule has 98 valence electrons. The third kappa shape index (κ3) is 2.38. The summed E-state index contributed by atoms with van der Waals surface area (Å²) in [7, 11) is -2.36. The van der Waals surface area contributed by atoms with Crippen molar-refractivity contribution in [3.05, 3.63) is 29.8 Å². The number of nitrogens with zero attached hydrogens (tertiary/aromatic N) is 1. The number of esters is 1. The van der Waals surface area contributed by atoms with Crippen molar-refractivity contribution in [2.75, 3.05) is 20.3 Å². The molecular formula is C11H13NO5S. The second kappa shape index (κ2) is 5.05. The molecule has 1 aliphatic heterocycles. The Labute approximate surface area is 105 Å². The van der Waals surface area contributed by atoms with Crippen LogP contribution in [0.15, 0.2) is 29.2 Å². The molecular weight excluding hydrogens is 258 g/mol. The molecule has 0 spiro atoms. The van der Waals surface area contributed by atoms with Crippen LogP contribution in [0.3, 0.4) is 0 Å². The molecule has 1 saturated heterocycles. The van der Waals surface area contributed by atoms with Crippen molar-refractivity contribution < 1.29 is 22.8 Å². The van der Waals surface area contributed by atoms with Gasteiger partial charge in [0.05, 0.1) is 24.2 Å². The monoisotopic (exact) mass is 271 g/mol. The van der Waals surface area contributed by atoms with Crippen LogP contribution in [0.4, 0.5) is 0 Å². The van der Waals surface area contributed by atoms with Crippen molar-refractivity contribution in [3.63, 3.8) is 0 Å². The predicted molar refractivity (Wildman–Crippen MR) is 62.2 cm³/mol. The summed E-state index contributed by atoms with van der Waals surface area (Å²) in [6, 6.07) is 5.55. The van der Waals surface area contributed by atoms with Gasteiger partial charge in [-0.05, 0) is 30.7 Å². The number of hydroxylamine groups is 1. The van der Waals surface area contributed by atoms with Crippen molar-refractivity contribution in [2.24, 2.45) is 0 Å². The van der Waals surface area contributed by atoms with Gasteiger partial charge in [-0.1, -0.05) is 4.47 Å². The van der Waals surface area contributed by atoms with E-state index in [1.54, 1.807) is 0 Å². The van der Waals surface area contributed by atoms with Gasteiger partial charge in [0.2, 0.25) is 0 Å². The van der Waals surface area contributed by atoms with E-state index in [-0.39, 0.29) is 4.90 Å². The molecule has 0 saturated carbocycles. The number of ether oxygens (including phenoxy) is 1. The Morgan fingerprint density at radius 2 is 2.00 bits per heavy atom. The minimum atomic E-state index is -3.63. The molecule has 18 heavy (non-hydrogen) atoms. The number of hydrogen-bond donors (Lipinski definition) is 0. The van der Waals surface area contributed by atoms with Gasteiger partial charge in [-0.15, -0.1) is 0 Å². The lowest BCUT2D eigenvalue weighted by Gasteiger charge is -2.14. The van der Waals surface area contributed by atoms with E-state index in [1.807, 2.05) is 0 Å². The Kier molecular flexibility index (Phi) is 3.65.